The van der Waals surface area contributed by atoms with Gasteiger partial charge in [0.1, 0.15) is 0 Å². The van der Waals surface area contributed by atoms with Gasteiger partial charge in [-0.1, -0.05) is 0 Å². The highest BCUT2D eigenvalue weighted by atomic mass is 32.2. The van der Waals surface area contributed by atoms with Crippen LogP contribution in [0.25, 0.3) is 0 Å². The number of nitrogens with one attached hydrogen (secondary N) is 2. The van der Waals surface area contributed by atoms with E-state index in [1.165, 1.54) is 11.8 Å². The Morgan fingerprint density at radius 1 is 1.55 bits per heavy atom. The minimum Gasteiger partial charge on any atom is -0.367 e. The molecule has 0 bridgehead atoms. The van der Waals surface area contributed by atoms with E-state index in [-0.39, 0.29) is 16.4 Å². The SMILES string of the molecule is O=[N+]([O-])C1CCN=C1NCCSCc1[nH]cnc1C(F)(F)F. The van der Waals surface area contributed by atoms with E-state index in [2.05, 4.69) is 20.3 Å². The number of H-pyrrole nitrogens is 1. The van der Waals surface area contributed by atoms with E-state index < -0.39 is 17.9 Å². The summed E-state index contributed by atoms with van der Waals surface area (Å²) in [6.45, 7) is 0.827. The number of imidazole rings is 1. The Balaban J connectivity index is 1.72. The average molecular weight is 337 g/mol. The van der Waals surface area contributed by atoms with Crippen LogP contribution in [0.5, 0.6) is 0 Å². The quantitative estimate of drug-likeness (QED) is 0.468. The number of thioether (sulfide) groups is 1. The third-order valence-electron chi connectivity index (χ3n) is 3.04. The fraction of sp³-hybridized carbons (Fsp3) is 0.636. The Hall–Kier alpha value is -1.78. The standard InChI is InChI=1S/C11H14F3N5O2S/c12-11(13,14)9-7(17-6-18-9)5-22-4-3-16-10-8(19(20)21)1-2-15-10/h6,8H,1-5H2,(H,15,16)(H,17,18). The van der Waals surface area contributed by atoms with Crippen LogP contribution in [0, 0.1) is 10.1 Å². The second kappa shape index (κ2) is 6.99. The minimum absolute atomic E-state index is 0.0267. The number of nitro groups is 1. The summed E-state index contributed by atoms with van der Waals surface area (Å²) in [5.41, 5.74) is -0.875. The molecule has 1 aromatic rings. The second-order valence-corrected chi connectivity index (χ2v) is 5.67. The molecule has 1 aliphatic rings. The molecule has 1 unspecified atom stereocenters. The fourth-order valence-corrected chi connectivity index (χ4v) is 2.84. The first kappa shape index (κ1) is 16.6. The number of aromatic nitrogens is 2. The Labute approximate surface area is 127 Å². The summed E-state index contributed by atoms with van der Waals surface area (Å²) < 4.78 is 37.8. The Morgan fingerprint density at radius 3 is 3.00 bits per heavy atom. The fourth-order valence-electron chi connectivity index (χ4n) is 2.03. The lowest BCUT2D eigenvalue weighted by Crippen LogP contribution is -2.38. The van der Waals surface area contributed by atoms with Crippen LogP contribution in [-0.2, 0) is 11.9 Å². The van der Waals surface area contributed by atoms with E-state index in [0.717, 1.165) is 6.33 Å². The van der Waals surface area contributed by atoms with Gasteiger partial charge in [-0.2, -0.15) is 24.9 Å². The third kappa shape index (κ3) is 4.12. The molecule has 0 amide bonds. The van der Waals surface area contributed by atoms with Crippen LogP contribution < -0.4 is 5.32 Å². The van der Waals surface area contributed by atoms with Crippen molar-refractivity contribution in [2.45, 2.75) is 24.4 Å². The van der Waals surface area contributed by atoms with E-state index >= 15 is 0 Å². The zero-order chi connectivity index (χ0) is 16.2. The van der Waals surface area contributed by atoms with E-state index in [9.17, 15) is 23.3 Å². The van der Waals surface area contributed by atoms with Gasteiger partial charge in [0.05, 0.1) is 12.0 Å². The van der Waals surface area contributed by atoms with Gasteiger partial charge in [0, 0.05) is 35.9 Å². The van der Waals surface area contributed by atoms with Crippen LogP contribution in [0.4, 0.5) is 13.2 Å². The van der Waals surface area contributed by atoms with Crippen LogP contribution in [0.2, 0.25) is 0 Å². The number of hydrogen-bond donors (Lipinski definition) is 2. The van der Waals surface area contributed by atoms with E-state index in [1.54, 1.807) is 0 Å². The zero-order valence-electron chi connectivity index (χ0n) is 11.4. The van der Waals surface area contributed by atoms with Crippen molar-refractivity contribution in [3.05, 3.63) is 27.8 Å². The highest BCUT2D eigenvalue weighted by Gasteiger charge is 2.36. The number of alkyl halides is 3. The number of rotatable bonds is 6. The largest absolute Gasteiger partial charge is 0.435 e. The molecule has 1 aliphatic heterocycles. The minimum atomic E-state index is -4.47. The lowest BCUT2D eigenvalue weighted by atomic mass is 10.2. The molecule has 0 saturated carbocycles. The van der Waals surface area contributed by atoms with Crippen molar-refractivity contribution in [3.8, 4) is 0 Å². The first-order valence-electron chi connectivity index (χ1n) is 6.48. The lowest BCUT2D eigenvalue weighted by Gasteiger charge is -2.09. The molecule has 0 aromatic carbocycles. The van der Waals surface area contributed by atoms with Gasteiger partial charge in [0.15, 0.2) is 11.5 Å². The predicted octanol–water partition coefficient (Wildman–Crippen LogP) is 1.70. The van der Waals surface area contributed by atoms with E-state index in [0.29, 0.717) is 31.1 Å². The van der Waals surface area contributed by atoms with Crippen LogP contribution >= 0.6 is 11.8 Å². The van der Waals surface area contributed by atoms with Gasteiger partial charge in [-0.25, -0.2) is 4.98 Å². The normalized spacial score (nSPS) is 18.3. The first-order chi connectivity index (χ1) is 10.4. The Bertz CT molecular complexity index is 560. The van der Waals surface area contributed by atoms with Crippen molar-refractivity contribution in [3.63, 3.8) is 0 Å². The highest BCUT2D eigenvalue weighted by molar-refractivity contribution is 7.98. The number of aliphatic imine (C=N–C) groups is 1. The van der Waals surface area contributed by atoms with Crippen molar-refractivity contribution < 1.29 is 18.1 Å². The Kier molecular flexibility index (Phi) is 5.27. The smallest absolute Gasteiger partial charge is 0.367 e. The van der Waals surface area contributed by atoms with E-state index in [4.69, 9.17) is 0 Å². The van der Waals surface area contributed by atoms with Gasteiger partial charge in [-0.15, -0.1) is 0 Å². The molecule has 2 heterocycles. The van der Waals surface area contributed by atoms with Crippen molar-refractivity contribution in [1.29, 1.82) is 0 Å². The van der Waals surface area contributed by atoms with Gasteiger partial charge < -0.3 is 10.3 Å². The van der Waals surface area contributed by atoms with Gasteiger partial charge in [0.2, 0.25) is 0 Å². The van der Waals surface area contributed by atoms with Crippen molar-refractivity contribution >= 4 is 17.6 Å². The predicted molar refractivity (Wildman–Crippen MR) is 75.5 cm³/mol. The molecule has 122 valence electrons. The summed E-state index contributed by atoms with van der Waals surface area (Å²) in [5.74, 6) is 0.990. The zero-order valence-corrected chi connectivity index (χ0v) is 12.2. The molecular weight excluding hydrogens is 323 g/mol. The summed E-state index contributed by atoms with van der Waals surface area (Å²) in [4.78, 5) is 20.1. The maximum atomic E-state index is 12.6. The number of hydrogen-bond acceptors (Lipinski definition) is 6. The lowest BCUT2D eigenvalue weighted by molar-refractivity contribution is -0.502. The maximum Gasteiger partial charge on any atom is 0.435 e. The monoisotopic (exact) mass is 337 g/mol. The first-order valence-corrected chi connectivity index (χ1v) is 7.64. The Morgan fingerprint density at radius 2 is 2.32 bits per heavy atom. The van der Waals surface area contributed by atoms with Crippen molar-refractivity contribution in [2.24, 2.45) is 4.99 Å². The molecule has 11 heteroatoms. The van der Waals surface area contributed by atoms with Gasteiger partial charge in [-0.05, 0) is 0 Å². The molecule has 1 aromatic heterocycles. The molecule has 2 rings (SSSR count). The van der Waals surface area contributed by atoms with Crippen LogP contribution in [-0.4, -0.2) is 45.6 Å². The molecule has 0 fully saturated rings. The van der Waals surface area contributed by atoms with Gasteiger partial charge >= 0.3 is 6.18 Å². The number of halogens is 3. The van der Waals surface area contributed by atoms with Crippen molar-refractivity contribution in [1.82, 2.24) is 15.3 Å². The van der Waals surface area contributed by atoms with Gasteiger partial charge in [-0.3, -0.25) is 15.1 Å². The van der Waals surface area contributed by atoms with Crippen LogP contribution in [0.3, 0.4) is 0 Å². The summed E-state index contributed by atoms with van der Waals surface area (Å²) in [6, 6.07) is -0.797. The van der Waals surface area contributed by atoms with E-state index in [1.807, 2.05) is 0 Å². The molecule has 2 N–H and O–H groups in total. The molecular formula is C11H14F3N5O2S. The summed E-state index contributed by atoms with van der Waals surface area (Å²) in [6.07, 6.45) is -3.07. The molecule has 0 saturated heterocycles. The number of nitrogens with zero attached hydrogens (tertiary/aromatic N) is 3. The van der Waals surface area contributed by atoms with Gasteiger partial charge in [0.25, 0.3) is 6.04 Å². The summed E-state index contributed by atoms with van der Waals surface area (Å²) in [5, 5.41) is 13.6. The molecule has 22 heavy (non-hydrogen) atoms. The molecule has 0 spiro atoms. The third-order valence-corrected chi connectivity index (χ3v) is 4.03. The molecule has 7 nitrogen and oxygen atoms in total. The second-order valence-electron chi connectivity index (χ2n) is 4.56. The molecule has 0 aliphatic carbocycles. The average Bonchev–Trinajstić information content (AvgIpc) is 3.05. The summed E-state index contributed by atoms with van der Waals surface area (Å²) in [7, 11) is 0. The maximum absolute atomic E-state index is 12.6. The highest BCUT2D eigenvalue weighted by Crippen LogP contribution is 2.31. The summed E-state index contributed by atoms with van der Waals surface area (Å²) >= 11 is 1.28. The number of aromatic amines is 1. The van der Waals surface area contributed by atoms with Crippen molar-refractivity contribution in [2.75, 3.05) is 18.8 Å². The topological polar surface area (TPSA) is 96.2 Å². The van der Waals surface area contributed by atoms with Crippen LogP contribution in [0.1, 0.15) is 17.8 Å². The van der Waals surface area contributed by atoms with Crippen LogP contribution in [0.15, 0.2) is 11.3 Å². The molecule has 1 atom stereocenters. The number of amidine groups is 1. The molecule has 0 radical (unpaired) electrons.